The summed E-state index contributed by atoms with van der Waals surface area (Å²) in [5, 5.41) is 24.7. The molecule has 0 fully saturated rings. The fourth-order valence-corrected chi connectivity index (χ4v) is 2.67. The van der Waals surface area contributed by atoms with E-state index in [4.69, 9.17) is 4.74 Å². The lowest BCUT2D eigenvalue weighted by atomic mass is 10.2. The minimum Gasteiger partial charge on any atom is -0.449 e. The monoisotopic (exact) mass is 534 g/mol. The van der Waals surface area contributed by atoms with Gasteiger partial charge in [-0.1, -0.05) is 0 Å². The molecule has 3 aromatic rings. The molecule has 0 unspecified atom stereocenters. The van der Waals surface area contributed by atoms with Crippen molar-refractivity contribution in [1.82, 2.24) is 20.6 Å². The number of alkyl halides is 3. The molecule has 0 aliphatic heterocycles. The van der Waals surface area contributed by atoms with E-state index in [1.54, 1.807) is 6.07 Å². The van der Waals surface area contributed by atoms with Gasteiger partial charge in [0.1, 0.15) is 11.6 Å². The van der Waals surface area contributed by atoms with E-state index >= 15 is 0 Å². The van der Waals surface area contributed by atoms with Gasteiger partial charge in [-0.05, 0) is 58.1 Å². The fourth-order valence-electron chi connectivity index (χ4n) is 2.20. The van der Waals surface area contributed by atoms with Crippen LogP contribution in [0.5, 0.6) is 11.5 Å². The van der Waals surface area contributed by atoms with Crippen molar-refractivity contribution in [2.75, 3.05) is 5.32 Å². The summed E-state index contributed by atoms with van der Waals surface area (Å²) in [5.74, 6) is -4.14. The Morgan fingerprint density at radius 2 is 1.90 bits per heavy atom. The molecule has 13 heteroatoms. The average molecular weight is 534 g/mol. The Morgan fingerprint density at radius 1 is 1.20 bits per heavy atom. The minimum absolute atomic E-state index is 0.00203. The molecule has 0 atom stereocenters. The Hall–Kier alpha value is -3.28. The maximum atomic E-state index is 14.1. The number of aromatic amines is 1. The molecule has 3 rings (SSSR count). The summed E-state index contributed by atoms with van der Waals surface area (Å²) in [6.07, 6.45) is -3.71. The van der Waals surface area contributed by atoms with Gasteiger partial charge in [0, 0.05) is 9.77 Å². The third-order valence-electron chi connectivity index (χ3n) is 3.56. The molecule has 30 heavy (non-hydrogen) atoms. The number of hydrogen-bond acceptors (Lipinski definition) is 6. The van der Waals surface area contributed by atoms with Crippen molar-refractivity contribution in [1.29, 1.82) is 5.26 Å². The van der Waals surface area contributed by atoms with Crippen molar-refractivity contribution in [3.8, 4) is 17.6 Å². The SMILES string of the molecule is N#CC(=CNc1ccc(I)cc1Oc1c(F)cc(C(F)(F)F)cc1F)c1nn[nH]n1. The van der Waals surface area contributed by atoms with Crippen molar-refractivity contribution in [3.63, 3.8) is 0 Å². The van der Waals surface area contributed by atoms with Gasteiger partial charge < -0.3 is 10.1 Å². The molecule has 2 aromatic carbocycles. The van der Waals surface area contributed by atoms with Crippen molar-refractivity contribution in [2.24, 2.45) is 0 Å². The number of H-pyrrole nitrogens is 1. The van der Waals surface area contributed by atoms with Crippen LogP contribution in [0.4, 0.5) is 27.6 Å². The first-order chi connectivity index (χ1) is 14.2. The second kappa shape index (κ2) is 8.61. The maximum absolute atomic E-state index is 14.1. The van der Waals surface area contributed by atoms with E-state index in [2.05, 4.69) is 25.9 Å². The number of aromatic nitrogens is 4. The van der Waals surface area contributed by atoms with E-state index in [1.807, 2.05) is 28.7 Å². The molecule has 0 aliphatic carbocycles. The molecule has 1 heterocycles. The van der Waals surface area contributed by atoms with E-state index in [9.17, 15) is 27.2 Å². The zero-order valence-electron chi connectivity index (χ0n) is 14.4. The predicted molar refractivity (Wildman–Crippen MR) is 102 cm³/mol. The Kier molecular flexibility index (Phi) is 6.15. The van der Waals surface area contributed by atoms with Gasteiger partial charge >= 0.3 is 6.18 Å². The van der Waals surface area contributed by atoms with E-state index in [1.165, 1.54) is 18.3 Å². The maximum Gasteiger partial charge on any atom is 0.416 e. The molecule has 0 aliphatic rings. The molecule has 0 spiro atoms. The quantitative estimate of drug-likeness (QED) is 0.276. The number of allylic oxidation sites excluding steroid dienone is 1. The summed E-state index contributed by atoms with van der Waals surface area (Å²) >= 11 is 1.91. The normalized spacial score (nSPS) is 11.8. The molecular weight excluding hydrogens is 526 g/mol. The topological polar surface area (TPSA) is 99.5 Å². The molecule has 0 radical (unpaired) electrons. The van der Waals surface area contributed by atoms with Gasteiger partial charge in [-0.3, -0.25) is 0 Å². The number of nitrogens with one attached hydrogen (secondary N) is 2. The first-order valence-corrected chi connectivity index (χ1v) is 8.91. The number of ether oxygens (including phenoxy) is 1. The minimum atomic E-state index is -4.91. The highest BCUT2D eigenvalue weighted by Gasteiger charge is 2.33. The molecule has 0 amide bonds. The lowest BCUT2D eigenvalue weighted by Gasteiger charge is -2.14. The number of tetrazole rings is 1. The number of benzene rings is 2. The molecule has 1 aromatic heterocycles. The van der Waals surface area contributed by atoms with E-state index < -0.39 is 29.1 Å². The zero-order chi connectivity index (χ0) is 21.9. The fraction of sp³-hybridized carbons (Fsp3) is 0.0588. The Labute approximate surface area is 178 Å². The van der Waals surface area contributed by atoms with Crippen LogP contribution in [0.25, 0.3) is 5.57 Å². The van der Waals surface area contributed by atoms with Crippen molar-refractivity contribution < 1.29 is 26.7 Å². The van der Waals surface area contributed by atoms with Crippen LogP contribution < -0.4 is 10.1 Å². The van der Waals surface area contributed by atoms with Crippen LogP contribution in [0.15, 0.2) is 36.5 Å². The van der Waals surface area contributed by atoms with Crippen LogP contribution in [-0.4, -0.2) is 20.6 Å². The number of rotatable bonds is 5. The Morgan fingerprint density at radius 3 is 2.47 bits per heavy atom. The van der Waals surface area contributed by atoms with Crippen molar-refractivity contribution >= 4 is 33.9 Å². The summed E-state index contributed by atoms with van der Waals surface area (Å²) < 4.78 is 72.3. The van der Waals surface area contributed by atoms with Crippen molar-refractivity contribution in [3.05, 3.63) is 63.1 Å². The first kappa shape index (κ1) is 21.4. The summed E-state index contributed by atoms with van der Waals surface area (Å²) in [7, 11) is 0. The predicted octanol–water partition coefficient (Wildman–Crippen LogP) is 4.87. The molecular formula is C17H8F5IN6O. The van der Waals surface area contributed by atoms with Crippen LogP contribution in [0.3, 0.4) is 0 Å². The summed E-state index contributed by atoms with van der Waals surface area (Å²) in [6.45, 7) is 0. The smallest absolute Gasteiger partial charge is 0.416 e. The second-order valence-electron chi connectivity index (χ2n) is 5.56. The third-order valence-corrected chi connectivity index (χ3v) is 4.23. The number of halogens is 6. The number of anilines is 1. The summed E-state index contributed by atoms with van der Waals surface area (Å²) in [4.78, 5) is 0. The Balaban J connectivity index is 1.95. The molecule has 2 N–H and O–H groups in total. The average Bonchev–Trinajstić information content (AvgIpc) is 3.20. The molecule has 0 bridgehead atoms. The molecule has 0 saturated carbocycles. The lowest BCUT2D eigenvalue weighted by molar-refractivity contribution is -0.138. The lowest BCUT2D eigenvalue weighted by Crippen LogP contribution is -2.07. The largest absolute Gasteiger partial charge is 0.449 e. The zero-order valence-corrected chi connectivity index (χ0v) is 16.6. The number of hydrogen-bond donors (Lipinski definition) is 2. The number of nitriles is 1. The first-order valence-electron chi connectivity index (χ1n) is 7.83. The van der Waals surface area contributed by atoms with Gasteiger partial charge in [0.05, 0.1) is 11.3 Å². The summed E-state index contributed by atoms with van der Waals surface area (Å²) in [6, 6.07) is 6.63. The van der Waals surface area contributed by atoms with Crippen LogP contribution >= 0.6 is 22.6 Å². The highest BCUT2D eigenvalue weighted by Crippen LogP contribution is 2.38. The highest BCUT2D eigenvalue weighted by molar-refractivity contribution is 14.1. The van der Waals surface area contributed by atoms with Gasteiger partial charge in [0.15, 0.2) is 23.1 Å². The number of nitrogens with zero attached hydrogens (tertiary/aromatic N) is 4. The molecule has 154 valence electrons. The highest BCUT2D eigenvalue weighted by atomic mass is 127. The van der Waals surface area contributed by atoms with Crippen LogP contribution in [0, 0.1) is 26.5 Å². The third kappa shape index (κ3) is 4.82. The van der Waals surface area contributed by atoms with Gasteiger partial charge in [0.25, 0.3) is 0 Å². The van der Waals surface area contributed by atoms with Gasteiger partial charge in [-0.25, -0.2) is 8.78 Å². The van der Waals surface area contributed by atoms with Gasteiger partial charge in [-0.2, -0.15) is 23.6 Å². The standard InChI is InChI=1S/C17H8F5IN6O/c18-11-3-9(17(20,21)22)4-12(19)15(11)30-14-5-10(23)1-2-13(14)25-7-8(6-24)16-26-28-29-27-16/h1-5,7,25H,(H,26,27,28,29). The van der Waals surface area contributed by atoms with Gasteiger partial charge in [0.2, 0.25) is 5.82 Å². The molecule has 0 saturated heterocycles. The van der Waals surface area contributed by atoms with E-state index in [0.717, 1.165) is 0 Å². The van der Waals surface area contributed by atoms with E-state index in [0.29, 0.717) is 3.57 Å². The van der Waals surface area contributed by atoms with Crippen LogP contribution in [0.2, 0.25) is 0 Å². The van der Waals surface area contributed by atoms with Crippen LogP contribution in [-0.2, 0) is 6.18 Å². The van der Waals surface area contributed by atoms with Crippen LogP contribution in [0.1, 0.15) is 11.4 Å². The Bertz CT molecular complexity index is 1120. The second-order valence-corrected chi connectivity index (χ2v) is 6.80. The molecule has 7 nitrogen and oxygen atoms in total. The van der Waals surface area contributed by atoms with E-state index in [-0.39, 0.29) is 35.0 Å². The summed E-state index contributed by atoms with van der Waals surface area (Å²) in [5.41, 5.74) is -1.32. The van der Waals surface area contributed by atoms with Crippen molar-refractivity contribution in [2.45, 2.75) is 6.18 Å². The van der Waals surface area contributed by atoms with Gasteiger partial charge in [-0.15, -0.1) is 10.2 Å².